The smallest absolute Gasteiger partial charge is 0.0405 e. The van der Waals surface area contributed by atoms with Gasteiger partial charge in [-0.05, 0) is 32.4 Å². The first-order valence-electron chi connectivity index (χ1n) is 4.31. The van der Waals surface area contributed by atoms with Gasteiger partial charge in [-0.1, -0.05) is 12.5 Å². The molecule has 2 unspecified atom stereocenters. The molecule has 0 saturated heterocycles. The zero-order chi connectivity index (χ0) is 9.52. The largest absolute Gasteiger partial charge is 0.399 e. The van der Waals surface area contributed by atoms with E-state index in [9.17, 15) is 0 Å². The lowest BCUT2D eigenvalue weighted by Gasteiger charge is -2.37. The van der Waals surface area contributed by atoms with E-state index in [4.69, 9.17) is 11.5 Å². The molecule has 1 aliphatic carbocycles. The molecular weight excluding hydrogens is 148 g/mol. The highest BCUT2D eigenvalue weighted by Gasteiger charge is 2.32. The van der Waals surface area contributed by atoms with Crippen LogP contribution in [0.3, 0.4) is 0 Å². The molecule has 1 rings (SSSR count). The SMILES string of the molecule is CC1=CC(N)=C(C)C(C)C1(C)N. The third-order valence-corrected chi connectivity index (χ3v) is 3.23. The van der Waals surface area contributed by atoms with Gasteiger partial charge >= 0.3 is 0 Å². The molecule has 0 aromatic carbocycles. The van der Waals surface area contributed by atoms with Crippen molar-refractivity contribution >= 4 is 0 Å². The van der Waals surface area contributed by atoms with Crippen LogP contribution in [0.2, 0.25) is 0 Å². The van der Waals surface area contributed by atoms with Crippen LogP contribution in [0.15, 0.2) is 22.9 Å². The predicted molar refractivity (Wildman–Crippen MR) is 52.4 cm³/mol. The molecule has 0 fully saturated rings. The highest BCUT2D eigenvalue weighted by molar-refractivity contribution is 5.38. The van der Waals surface area contributed by atoms with Crippen LogP contribution in [0.1, 0.15) is 27.7 Å². The van der Waals surface area contributed by atoms with Crippen molar-refractivity contribution in [2.45, 2.75) is 33.2 Å². The van der Waals surface area contributed by atoms with Crippen LogP contribution in [0, 0.1) is 5.92 Å². The van der Waals surface area contributed by atoms with Crippen LogP contribution in [0.4, 0.5) is 0 Å². The minimum absolute atomic E-state index is 0.229. The zero-order valence-electron chi connectivity index (χ0n) is 8.31. The maximum absolute atomic E-state index is 6.16. The van der Waals surface area contributed by atoms with Crippen LogP contribution in [0.25, 0.3) is 0 Å². The molecular formula is C10H18N2. The van der Waals surface area contributed by atoms with Crippen molar-refractivity contribution in [2.24, 2.45) is 17.4 Å². The third kappa shape index (κ3) is 1.16. The molecule has 0 heterocycles. The minimum Gasteiger partial charge on any atom is -0.399 e. The van der Waals surface area contributed by atoms with E-state index >= 15 is 0 Å². The molecule has 0 aliphatic heterocycles. The Bertz CT molecular complexity index is 259. The van der Waals surface area contributed by atoms with E-state index < -0.39 is 0 Å². The summed E-state index contributed by atoms with van der Waals surface area (Å²) in [7, 11) is 0. The molecule has 0 amide bonds. The van der Waals surface area contributed by atoms with Crippen LogP contribution >= 0.6 is 0 Å². The lowest BCUT2D eigenvalue weighted by Crippen LogP contribution is -2.46. The summed E-state index contributed by atoms with van der Waals surface area (Å²) >= 11 is 0. The molecule has 0 saturated carbocycles. The van der Waals surface area contributed by atoms with E-state index in [2.05, 4.69) is 13.8 Å². The van der Waals surface area contributed by atoms with Gasteiger partial charge in [-0.3, -0.25) is 0 Å². The van der Waals surface area contributed by atoms with E-state index in [1.807, 2.05) is 19.9 Å². The Kier molecular flexibility index (Phi) is 2.04. The molecule has 0 bridgehead atoms. The number of rotatable bonds is 0. The minimum atomic E-state index is -0.229. The van der Waals surface area contributed by atoms with Gasteiger partial charge in [0.25, 0.3) is 0 Å². The van der Waals surface area contributed by atoms with Crippen molar-refractivity contribution in [2.75, 3.05) is 0 Å². The summed E-state index contributed by atoms with van der Waals surface area (Å²) in [5.41, 5.74) is 15.0. The molecule has 4 N–H and O–H groups in total. The van der Waals surface area contributed by atoms with Crippen molar-refractivity contribution in [3.8, 4) is 0 Å². The van der Waals surface area contributed by atoms with E-state index in [1.165, 1.54) is 5.57 Å². The Hall–Kier alpha value is -0.760. The lowest BCUT2D eigenvalue weighted by molar-refractivity contribution is 0.406. The quantitative estimate of drug-likeness (QED) is 0.573. The van der Waals surface area contributed by atoms with Crippen molar-refractivity contribution in [3.05, 3.63) is 22.9 Å². The van der Waals surface area contributed by atoms with Crippen LogP contribution < -0.4 is 11.5 Å². The standard InChI is InChI=1S/C10H18N2/c1-6-5-9(11)7(2)8(3)10(6,4)12/h5,8H,11-12H2,1-4H3. The first-order chi connectivity index (χ1) is 5.37. The topological polar surface area (TPSA) is 52.0 Å². The van der Waals surface area contributed by atoms with Gasteiger partial charge in [0.05, 0.1) is 0 Å². The molecule has 2 heteroatoms. The van der Waals surface area contributed by atoms with Gasteiger partial charge in [0.15, 0.2) is 0 Å². The van der Waals surface area contributed by atoms with Crippen LogP contribution in [-0.2, 0) is 0 Å². The molecule has 2 atom stereocenters. The summed E-state index contributed by atoms with van der Waals surface area (Å²) in [4.78, 5) is 0. The van der Waals surface area contributed by atoms with E-state index in [0.29, 0.717) is 5.92 Å². The summed E-state index contributed by atoms with van der Waals surface area (Å²) in [5.74, 6) is 0.336. The number of hydrogen-bond acceptors (Lipinski definition) is 2. The summed E-state index contributed by atoms with van der Waals surface area (Å²) < 4.78 is 0. The Morgan fingerprint density at radius 1 is 1.42 bits per heavy atom. The number of nitrogens with two attached hydrogens (primary N) is 2. The Morgan fingerprint density at radius 3 is 2.42 bits per heavy atom. The number of allylic oxidation sites excluding steroid dienone is 1. The maximum Gasteiger partial charge on any atom is 0.0405 e. The maximum atomic E-state index is 6.16. The van der Waals surface area contributed by atoms with Gasteiger partial charge in [-0.25, -0.2) is 0 Å². The molecule has 68 valence electrons. The van der Waals surface area contributed by atoms with Gasteiger partial charge < -0.3 is 11.5 Å². The van der Waals surface area contributed by atoms with Crippen LogP contribution in [-0.4, -0.2) is 5.54 Å². The molecule has 0 radical (unpaired) electrons. The molecule has 0 aromatic rings. The molecule has 12 heavy (non-hydrogen) atoms. The van der Waals surface area contributed by atoms with E-state index in [0.717, 1.165) is 11.3 Å². The van der Waals surface area contributed by atoms with Gasteiger partial charge in [-0.15, -0.1) is 0 Å². The number of hydrogen-bond donors (Lipinski definition) is 2. The average Bonchev–Trinajstić information content (AvgIpc) is 1.99. The fourth-order valence-electron chi connectivity index (χ4n) is 1.54. The van der Waals surface area contributed by atoms with Gasteiger partial charge in [0.2, 0.25) is 0 Å². The van der Waals surface area contributed by atoms with Gasteiger partial charge in [-0.2, -0.15) is 0 Å². The van der Waals surface area contributed by atoms with Crippen molar-refractivity contribution < 1.29 is 0 Å². The fraction of sp³-hybridized carbons (Fsp3) is 0.600. The Labute approximate surface area is 74.3 Å². The highest BCUT2D eigenvalue weighted by atomic mass is 14.8. The second-order valence-electron chi connectivity index (χ2n) is 3.97. The molecule has 2 nitrogen and oxygen atoms in total. The lowest BCUT2D eigenvalue weighted by atomic mass is 9.74. The summed E-state index contributed by atoms with van der Waals surface area (Å²) in [5, 5.41) is 0. The average molecular weight is 166 g/mol. The first kappa shape index (κ1) is 9.33. The predicted octanol–water partition coefficient (Wildman–Crippen LogP) is 1.53. The summed E-state index contributed by atoms with van der Waals surface area (Å²) in [6.07, 6.45) is 1.98. The van der Waals surface area contributed by atoms with Gasteiger partial charge in [0, 0.05) is 17.2 Å². The monoisotopic (exact) mass is 166 g/mol. The first-order valence-corrected chi connectivity index (χ1v) is 4.31. The summed E-state index contributed by atoms with van der Waals surface area (Å²) in [6.45, 7) is 8.27. The van der Waals surface area contributed by atoms with Crippen molar-refractivity contribution in [1.29, 1.82) is 0 Å². The van der Waals surface area contributed by atoms with Gasteiger partial charge in [0.1, 0.15) is 0 Å². The Balaban J connectivity index is 3.16. The fourth-order valence-corrected chi connectivity index (χ4v) is 1.54. The van der Waals surface area contributed by atoms with E-state index in [1.54, 1.807) is 0 Å². The second kappa shape index (κ2) is 2.63. The van der Waals surface area contributed by atoms with Crippen molar-refractivity contribution in [1.82, 2.24) is 0 Å². The highest BCUT2D eigenvalue weighted by Crippen LogP contribution is 2.33. The summed E-state index contributed by atoms with van der Waals surface area (Å²) in [6, 6.07) is 0. The third-order valence-electron chi connectivity index (χ3n) is 3.23. The molecule has 0 aromatic heterocycles. The zero-order valence-corrected chi connectivity index (χ0v) is 8.31. The van der Waals surface area contributed by atoms with Crippen LogP contribution in [0.5, 0.6) is 0 Å². The normalized spacial score (nSPS) is 36.8. The molecule has 0 spiro atoms. The second-order valence-corrected chi connectivity index (χ2v) is 3.97. The van der Waals surface area contributed by atoms with E-state index in [-0.39, 0.29) is 5.54 Å². The molecule has 1 aliphatic rings. The Morgan fingerprint density at radius 2 is 1.92 bits per heavy atom. The van der Waals surface area contributed by atoms with Crippen molar-refractivity contribution in [3.63, 3.8) is 0 Å².